The van der Waals surface area contributed by atoms with Crippen LogP contribution in [0.2, 0.25) is 0 Å². The van der Waals surface area contributed by atoms with Gasteiger partial charge in [-0.15, -0.1) is 0 Å². The molecule has 142 valence electrons. The third-order valence-corrected chi connectivity index (χ3v) is 3.91. The third-order valence-electron chi connectivity index (χ3n) is 3.91. The van der Waals surface area contributed by atoms with Crippen molar-refractivity contribution in [3.05, 3.63) is 59.4 Å². The van der Waals surface area contributed by atoms with Gasteiger partial charge in [0.05, 0.1) is 12.2 Å². The largest absolute Gasteiger partial charge is 0.462 e. The van der Waals surface area contributed by atoms with Crippen LogP contribution in [0.5, 0.6) is 0 Å². The van der Waals surface area contributed by atoms with Crippen molar-refractivity contribution in [3.8, 4) is 0 Å². The summed E-state index contributed by atoms with van der Waals surface area (Å²) in [7, 11) is 0. The lowest BCUT2D eigenvalue weighted by molar-refractivity contribution is 0.0526. The van der Waals surface area contributed by atoms with Crippen molar-refractivity contribution >= 4 is 23.5 Å². The predicted molar refractivity (Wildman–Crippen MR) is 102 cm³/mol. The first-order valence-electron chi connectivity index (χ1n) is 8.85. The van der Waals surface area contributed by atoms with E-state index in [4.69, 9.17) is 4.74 Å². The molecular formula is C20H23N3O4. The molecule has 7 nitrogen and oxygen atoms in total. The first-order valence-corrected chi connectivity index (χ1v) is 8.85. The molecule has 2 aromatic rings. The minimum atomic E-state index is -0.437. The van der Waals surface area contributed by atoms with E-state index in [1.54, 1.807) is 54.3 Å². The number of hydrogen-bond donors (Lipinski definition) is 1. The van der Waals surface area contributed by atoms with Gasteiger partial charge in [0.25, 0.3) is 11.8 Å². The SMILES string of the molecule is CCOC(=O)c1ccc(NC(=O)c2cccc(C(=O)N(CC)CC)n2)cc1. The van der Waals surface area contributed by atoms with Crippen molar-refractivity contribution in [3.63, 3.8) is 0 Å². The number of hydrogen-bond acceptors (Lipinski definition) is 5. The van der Waals surface area contributed by atoms with Gasteiger partial charge < -0.3 is 15.0 Å². The summed E-state index contributed by atoms with van der Waals surface area (Å²) in [5.41, 5.74) is 1.28. The molecule has 0 bridgehead atoms. The van der Waals surface area contributed by atoms with Crippen LogP contribution in [-0.2, 0) is 4.74 Å². The van der Waals surface area contributed by atoms with Gasteiger partial charge in [-0.1, -0.05) is 6.07 Å². The van der Waals surface area contributed by atoms with E-state index < -0.39 is 11.9 Å². The number of rotatable bonds is 7. The number of pyridine rings is 1. The number of carbonyl (C=O) groups is 3. The Morgan fingerprint density at radius 2 is 1.59 bits per heavy atom. The normalized spacial score (nSPS) is 10.2. The minimum Gasteiger partial charge on any atom is -0.462 e. The van der Waals surface area contributed by atoms with Gasteiger partial charge in [-0.05, 0) is 57.2 Å². The van der Waals surface area contributed by atoms with Gasteiger partial charge in [0.1, 0.15) is 11.4 Å². The van der Waals surface area contributed by atoms with Crippen LogP contribution in [0.1, 0.15) is 52.1 Å². The van der Waals surface area contributed by atoms with Crippen molar-refractivity contribution in [2.75, 3.05) is 25.0 Å². The lowest BCUT2D eigenvalue weighted by Gasteiger charge is -2.18. The van der Waals surface area contributed by atoms with Crippen molar-refractivity contribution in [1.29, 1.82) is 0 Å². The molecule has 0 atom stereocenters. The molecule has 0 aliphatic heterocycles. The summed E-state index contributed by atoms with van der Waals surface area (Å²) in [6.07, 6.45) is 0. The molecule has 2 rings (SSSR count). The van der Waals surface area contributed by atoms with Gasteiger partial charge in [-0.3, -0.25) is 9.59 Å². The van der Waals surface area contributed by atoms with Crippen LogP contribution in [0.3, 0.4) is 0 Å². The van der Waals surface area contributed by atoms with Gasteiger partial charge >= 0.3 is 5.97 Å². The molecular weight excluding hydrogens is 346 g/mol. The van der Waals surface area contributed by atoms with E-state index in [1.807, 2.05) is 13.8 Å². The van der Waals surface area contributed by atoms with Gasteiger partial charge in [-0.2, -0.15) is 0 Å². The Labute approximate surface area is 158 Å². The Kier molecular flexibility index (Phi) is 7.05. The quantitative estimate of drug-likeness (QED) is 0.758. The highest BCUT2D eigenvalue weighted by atomic mass is 16.5. The highest BCUT2D eigenvalue weighted by Gasteiger charge is 2.16. The highest BCUT2D eigenvalue weighted by molar-refractivity contribution is 6.04. The molecule has 1 aromatic carbocycles. The van der Waals surface area contributed by atoms with Gasteiger partial charge in [-0.25, -0.2) is 9.78 Å². The lowest BCUT2D eigenvalue weighted by Crippen LogP contribution is -2.31. The Morgan fingerprint density at radius 1 is 0.963 bits per heavy atom. The molecule has 1 heterocycles. The van der Waals surface area contributed by atoms with Crippen molar-refractivity contribution < 1.29 is 19.1 Å². The minimum absolute atomic E-state index is 0.141. The van der Waals surface area contributed by atoms with Gasteiger partial charge in [0.2, 0.25) is 0 Å². The first-order chi connectivity index (χ1) is 13.0. The fraction of sp³-hybridized carbons (Fsp3) is 0.300. The average Bonchev–Trinajstić information content (AvgIpc) is 2.69. The average molecular weight is 369 g/mol. The molecule has 0 aliphatic carbocycles. The highest BCUT2D eigenvalue weighted by Crippen LogP contribution is 2.12. The third kappa shape index (κ3) is 5.13. The maximum Gasteiger partial charge on any atom is 0.338 e. The van der Waals surface area contributed by atoms with Crippen LogP contribution in [0, 0.1) is 0 Å². The molecule has 1 N–H and O–H groups in total. The Morgan fingerprint density at radius 3 is 2.19 bits per heavy atom. The van der Waals surface area contributed by atoms with E-state index in [2.05, 4.69) is 10.3 Å². The fourth-order valence-electron chi connectivity index (χ4n) is 2.45. The summed E-state index contributed by atoms with van der Waals surface area (Å²) in [6, 6.07) is 11.1. The van der Waals surface area contributed by atoms with E-state index in [1.165, 1.54) is 0 Å². The molecule has 0 saturated heterocycles. The second kappa shape index (κ2) is 9.47. The van der Waals surface area contributed by atoms with Crippen molar-refractivity contribution in [1.82, 2.24) is 9.88 Å². The van der Waals surface area contributed by atoms with Gasteiger partial charge in [0.15, 0.2) is 0 Å². The van der Waals surface area contributed by atoms with Crippen LogP contribution in [-0.4, -0.2) is 47.4 Å². The van der Waals surface area contributed by atoms with Crippen LogP contribution in [0.15, 0.2) is 42.5 Å². The number of nitrogens with zero attached hydrogens (tertiary/aromatic N) is 2. The summed E-state index contributed by atoms with van der Waals surface area (Å²) in [6.45, 7) is 6.94. The Balaban J connectivity index is 2.11. The number of amides is 2. The fourth-order valence-corrected chi connectivity index (χ4v) is 2.45. The maximum absolute atomic E-state index is 12.4. The summed E-state index contributed by atoms with van der Waals surface area (Å²) in [5.74, 6) is -1.07. The topological polar surface area (TPSA) is 88.6 Å². The molecule has 0 saturated carbocycles. The van der Waals surface area contributed by atoms with E-state index in [-0.39, 0.29) is 17.3 Å². The molecule has 0 spiro atoms. The molecule has 27 heavy (non-hydrogen) atoms. The number of carbonyl (C=O) groups excluding carboxylic acids is 3. The standard InChI is InChI=1S/C20H23N3O4/c1-4-23(5-2)19(25)17-9-7-8-16(22-17)18(24)21-15-12-10-14(11-13-15)20(26)27-6-3/h7-13H,4-6H2,1-3H3,(H,21,24). The number of ether oxygens (including phenoxy) is 1. The van der Waals surface area contributed by atoms with Crippen LogP contribution >= 0.6 is 0 Å². The Hall–Kier alpha value is -3.22. The maximum atomic E-state index is 12.4. The Bertz CT molecular complexity index is 814. The van der Waals surface area contributed by atoms with E-state index in [0.29, 0.717) is 30.9 Å². The molecule has 0 radical (unpaired) electrons. The van der Waals surface area contributed by atoms with Crippen LogP contribution in [0.4, 0.5) is 5.69 Å². The van der Waals surface area contributed by atoms with Crippen LogP contribution in [0.25, 0.3) is 0 Å². The van der Waals surface area contributed by atoms with E-state index in [0.717, 1.165) is 0 Å². The second-order valence-corrected chi connectivity index (χ2v) is 5.64. The summed E-state index contributed by atoms with van der Waals surface area (Å²) < 4.78 is 4.92. The predicted octanol–water partition coefficient (Wildman–Crippen LogP) is 2.99. The number of nitrogens with one attached hydrogen (secondary N) is 1. The van der Waals surface area contributed by atoms with Gasteiger partial charge in [0, 0.05) is 18.8 Å². The molecule has 0 unspecified atom stereocenters. The van der Waals surface area contributed by atoms with Crippen molar-refractivity contribution in [2.45, 2.75) is 20.8 Å². The summed E-state index contributed by atoms with van der Waals surface area (Å²) in [4.78, 5) is 42.3. The number of aromatic nitrogens is 1. The van der Waals surface area contributed by atoms with E-state index >= 15 is 0 Å². The monoisotopic (exact) mass is 369 g/mol. The summed E-state index contributed by atoms with van der Waals surface area (Å²) >= 11 is 0. The molecule has 0 aliphatic rings. The zero-order valence-corrected chi connectivity index (χ0v) is 15.7. The number of benzene rings is 1. The lowest BCUT2D eigenvalue weighted by atomic mass is 10.2. The van der Waals surface area contributed by atoms with Crippen LogP contribution < -0.4 is 5.32 Å². The molecule has 2 amide bonds. The van der Waals surface area contributed by atoms with E-state index in [9.17, 15) is 14.4 Å². The smallest absolute Gasteiger partial charge is 0.338 e. The first kappa shape index (κ1) is 20.1. The zero-order valence-electron chi connectivity index (χ0n) is 15.7. The molecule has 7 heteroatoms. The van der Waals surface area contributed by atoms with Crippen molar-refractivity contribution in [2.24, 2.45) is 0 Å². The molecule has 1 aromatic heterocycles. The second-order valence-electron chi connectivity index (χ2n) is 5.64. The number of anilines is 1. The zero-order chi connectivity index (χ0) is 19.8. The molecule has 0 fully saturated rings. The number of esters is 1. The summed E-state index contributed by atoms with van der Waals surface area (Å²) in [5, 5.41) is 2.70.